The van der Waals surface area contributed by atoms with Crippen LogP contribution < -0.4 is 5.32 Å². The molecular weight excluding hydrogens is 244 g/mol. The number of aryl methyl sites for hydroxylation is 1. The van der Waals surface area contributed by atoms with Gasteiger partial charge in [-0.15, -0.1) is 0 Å². The molecule has 1 atom stereocenters. The lowest BCUT2D eigenvalue weighted by atomic mass is 9.96. The summed E-state index contributed by atoms with van der Waals surface area (Å²) in [5.41, 5.74) is 3.59. The lowest BCUT2D eigenvalue weighted by Crippen LogP contribution is -2.22. The van der Waals surface area contributed by atoms with Gasteiger partial charge in [-0.3, -0.25) is 4.98 Å². The third kappa shape index (κ3) is 2.89. The molecule has 3 heteroatoms. The molecule has 2 aromatic rings. The van der Waals surface area contributed by atoms with E-state index in [1.54, 1.807) is 6.20 Å². The summed E-state index contributed by atoms with van der Waals surface area (Å²) < 4.78 is 0. The van der Waals surface area contributed by atoms with Crippen LogP contribution in [-0.4, -0.2) is 11.5 Å². The third-order valence-electron chi connectivity index (χ3n) is 2.98. The van der Waals surface area contributed by atoms with Crippen LogP contribution in [0.15, 0.2) is 42.7 Å². The zero-order chi connectivity index (χ0) is 13.0. The summed E-state index contributed by atoms with van der Waals surface area (Å²) >= 11 is 6.11. The summed E-state index contributed by atoms with van der Waals surface area (Å²) in [6.45, 7) is 5.10. The first kappa shape index (κ1) is 13.1. The summed E-state index contributed by atoms with van der Waals surface area (Å²) in [4.78, 5) is 4.19. The van der Waals surface area contributed by atoms with Crippen molar-refractivity contribution < 1.29 is 0 Å². The van der Waals surface area contributed by atoms with Crippen molar-refractivity contribution in [3.05, 3.63) is 64.4 Å². The molecule has 0 aliphatic rings. The summed E-state index contributed by atoms with van der Waals surface area (Å²) in [6.07, 6.45) is 3.69. The normalized spacial score (nSPS) is 12.4. The van der Waals surface area contributed by atoms with Crippen molar-refractivity contribution >= 4 is 11.6 Å². The molecule has 0 aliphatic heterocycles. The first-order valence-corrected chi connectivity index (χ1v) is 6.49. The van der Waals surface area contributed by atoms with E-state index in [1.807, 2.05) is 24.4 Å². The molecule has 1 N–H and O–H groups in total. The van der Waals surface area contributed by atoms with Crippen molar-refractivity contribution in [2.75, 3.05) is 6.54 Å². The van der Waals surface area contributed by atoms with Gasteiger partial charge in [0.15, 0.2) is 0 Å². The minimum absolute atomic E-state index is 0.141. The average Bonchev–Trinajstić information content (AvgIpc) is 2.40. The van der Waals surface area contributed by atoms with Gasteiger partial charge in [0.25, 0.3) is 0 Å². The number of pyridine rings is 1. The summed E-state index contributed by atoms with van der Waals surface area (Å²) in [5.74, 6) is 0. The van der Waals surface area contributed by atoms with Crippen molar-refractivity contribution in [2.45, 2.75) is 19.9 Å². The van der Waals surface area contributed by atoms with Crippen LogP contribution in [0.1, 0.15) is 29.7 Å². The van der Waals surface area contributed by atoms with Crippen molar-refractivity contribution in [1.29, 1.82) is 0 Å². The van der Waals surface area contributed by atoms with E-state index < -0.39 is 0 Å². The smallest absolute Gasteiger partial charge is 0.0595 e. The lowest BCUT2D eigenvalue weighted by molar-refractivity contribution is 0.626. The minimum atomic E-state index is 0.141. The van der Waals surface area contributed by atoms with E-state index in [0.29, 0.717) is 0 Å². The van der Waals surface area contributed by atoms with Crippen LogP contribution in [0.3, 0.4) is 0 Å². The van der Waals surface area contributed by atoms with Crippen LogP contribution in [-0.2, 0) is 0 Å². The van der Waals surface area contributed by atoms with Crippen LogP contribution in [0.2, 0.25) is 5.02 Å². The Morgan fingerprint density at radius 2 is 2.17 bits per heavy atom. The molecule has 1 aromatic carbocycles. The molecule has 1 unspecified atom stereocenters. The monoisotopic (exact) mass is 260 g/mol. The maximum atomic E-state index is 6.11. The van der Waals surface area contributed by atoms with E-state index in [-0.39, 0.29) is 6.04 Å². The van der Waals surface area contributed by atoms with E-state index in [4.69, 9.17) is 11.6 Å². The first-order valence-electron chi connectivity index (χ1n) is 6.11. The second-order valence-electron chi connectivity index (χ2n) is 4.28. The van der Waals surface area contributed by atoms with E-state index in [1.165, 1.54) is 11.1 Å². The third-order valence-corrected chi connectivity index (χ3v) is 3.21. The highest BCUT2D eigenvalue weighted by Gasteiger charge is 2.15. The standard InChI is InChI=1S/C15H17ClN2/c1-3-18-15(12-5-4-8-17-10-12)14-9-13(16)7-6-11(14)2/h4-10,15,18H,3H2,1-2H3. The van der Waals surface area contributed by atoms with Crippen molar-refractivity contribution in [2.24, 2.45) is 0 Å². The number of hydrogen-bond acceptors (Lipinski definition) is 2. The second-order valence-corrected chi connectivity index (χ2v) is 4.71. The maximum Gasteiger partial charge on any atom is 0.0595 e. The quantitative estimate of drug-likeness (QED) is 0.906. The fraction of sp³-hybridized carbons (Fsp3) is 0.267. The Balaban J connectivity index is 2.44. The molecule has 94 valence electrons. The summed E-state index contributed by atoms with van der Waals surface area (Å²) in [5, 5.41) is 4.25. The van der Waals surface area contributed by atoms with Crippen LogP contribution in [0.25, 0.3) is 0 Å². The Morgan fingerprint density at radius 3 is 2.83 bits per heavy atom. The highest BCUT2D eigenvalue weighted by molar-refractivity contribution is 6.30. The van der Waals surface area contributed by atoms with Gasteiger partial charge in [-0.1, -0.05) is 30.7 Å². The Bertz CT molecular complexity index is 511. The van der Waals surface area contributed by atoms with Crippen molar-refractivity contribution in [3.63, 3.8) is 0 Å². The van der Waals surface area contributed by atoms with Gasteiger partial charge in [0.05, 0.1) is 6.04 Å². The number of aromatic nitrogens is 1. The van der Waals surface area contributed by atoms with E-state index >= 15 is 0 Å². The van der Waals surface area contributed by atoms with Gasteiger partial charge in [0, 0.05) is 17.4 Å². The molecule has 0 radical (unpaired) electrons. The molecule has 0 fully saturated rings. The maximum absolute atomic E-state index is 6.11. The number of nitrogens with zero attached hydrogens (tertiary/aromatic N) is 1. The lowest BCUT2D eigenvalue weighted by Gasteiger charge is -2.20. The molecule has 0 spiro atoms. The van der Waals surface area contributed by atoms with Crippen LogP contribution in [0.5, 0.6) is 0 Å². The molecule has 0 aliphatic carbocycles. The molecule has 1 heterocycles. The fourth-order valence-electron chi connectivity index (χ4n) is 2.08. The molecule has 0 saturated heterocycles. The summed E-state index contributed by atoms with van der Waals surface area (Å²) in [7, 11) is 0. The van der Waals surface area contributed by atoms with Crippen molar-refractivity contribution in [3.8, 4) is 0 Å². The van der Waals surface area contributed by atoms with Gasteiger partial charge in [0.1, 0.15) is 0 Å². The van der Waals surface area contributed by atoms with Gasteiger partial charge in [-0.05, 0) is 48.4 Å². The SMILES string of the molecule is CCNC(c1cccnc1)c1cc(Cl)ccc1C. The van der Waals surface area contributed by atoms with Gasteiger partial charge >= 0.3 is 0 Å². The van der Waals surface area contributed by atoms with E-state index in [0.717, 1.165) is 17.1 Å². The Kier molecular flexibility index (Phi) is 4.34. The average molecular weight is 261 g/mol. The van der Waals surface area contributed by atoms with Gasteiger partial charge in [-0.25, -0.2) is 0 Å². The molecule has 0 amide bonds. The number of benzene rings is 1. The van der Waals surface area contributed by atoms with Gasteiger partial charge in [0.2, 0.25) is 0 Å². The predicted molar refractivity (Wildman–Crippen MR) is 75.9 cm³/mol. The van der Waals surface area contributed by atoms with Gasteiger partial charge in [-0.2, -0.15) is 0 Å². The molecule has 2 rings (SSSR count). The molecule has 0 bridgehead atoms. The van der Waals surface area contributed by atoms with E-state index in [9.17, 15) is 0 Å². The molecule has 1 aromatic heterocycles. The highest BCUT2D eigenvalue weighted by Crippen LogP contribution is 2.26. The van der Waals surface area contributed by atoms with Crippen LogP contribution >= 0.6 is 11.6 Å². The Labute approximate surface area is 113 Å². The highest BCUT2D eigenvalue weighted by atomic mass is 35.5. The molecular formula is C15H17ClN2. The molecule has 18 heavy (non-hydrogen) atoms. The van der Waals surface area contributed by atoms with Crippen molar-refractivity contribution in [1.82, 2.24) is 10.3 Å². The second kappa shape index (κ2) is 5.98. The Hall–Kier alpha value is -1.38. The van der Waals surface area contributed by atoms with Crippen LogP contribution in [0, 0.1) is 6.92 Å². The number of hydrogen-bond donors (Lipinski definition) is 1. The minimum Gasteiger partial charge on any atom is -0.306 e. The van der Waals surface area contributed by atoms with E-state index in [2.05, 4.69) is 36.3 Å². The number of nitrogens with one attached hydrogen (secondary N) is 1. The zero-order valence-electron chi connectivity index (χ0n) is 10.7. The largest absolute Gasteiger partial charge is 0.306 e. The number of rotatable bonds is 4. The Morgan fingerprint density at radius 1 is 1.33 bits per heavy atom. The predicted octanol–water partition coefficient (Wildman–Crippen LogP) is 3.74. The van der Waals surface area contributed by atoms with Crippen LogP contribution in [0.4, 0.5) is 0 Å². The first-order chi connectivity index (χ1) is 8.72. The zero-order valence-corrected chi connectivity index (χ0v) is 11.4. The molecule has 2 nitrogen and oxygen atoms in total. The topological polar surface area (TPSA) is 24.9 Å². The molecule has 0 saturated carbocycles. The fourth-order valence-corrected chi connectivity index (χ4v) is 2.26. The summed E-state index contributed by atoms with van der Waals surface area (Å²) in [6, 6.07) is 10.2. The number of halogens is 1. The van der Waals surface area contributed by atoms with Gasteiger partial charge < -0.3 is 5.32 Å².